The fourth-order valence-electron chi connectivity index (χ4n) is 2.60. The van der Waals surface area contributed by atoms with Gasteiger partial charge in [0.05, 0.1) is 0 Å². The normalized spacial score (nSPS) is 24.2. The largest absolute Gasteiger partial charge is 0.312 e. The Kier molecular flexibility index (Phi) is 4.41. The molecule has 1 saturated carbocycles. The molecule has 2 rings (SSSR count). The summed E-state index contributed by atoms with van der Waals surface area (Å²) in [6.45, 7) is 3.97. The summed E-state index contributed by atoms with van der Waals surface area (Å²) in [6, 6.07) is 4.52. The van der Waals surface area contributed by atoms with Crippen molar-refractivity contribution in [2.24, 2.45) is 11.8 Å². The van der Waals surface area contributed by atoms with Crippen LogP contribution in [0.15, 0.2) is 18.2 Å². The van der Waals surface area contributed by atoms with Crippen LogP contribution in [-0.2, 0) is 6.54 Å². The van der Waals surface area contributed by atoms with Crippen molar-refractivity contribution >= 4 is 11.6 Å². The van der Waals surface area contributed by atoms with Crippen LogP contribution >= 0.6 is 11.6 Å². The molecule has 3 heteroatoms. The first kappa shape index (κ1) is 12.8. The number of hydrogen-bond acceptors (Lipinski definition) is 1. The van der Waals surface area contributed by atoms with E-state index in [1.807, 2.05) is 0 Å². The Bertz CT molecular complexity index is 380. The maximum atomic E-state index is 13.1. The minimum absolute atomic E-state index is 0.222. The van der Waals surface area contributed by atoms with E-state index in [1.165, 1.54) is 31.4 Å². The molecule has 0 aliphatic heterocycles. The Labute approximate surface area is 107 Å². The van der Waals surface area contributed by atoms with Crippen molar-refractivity contribution in [1.82, 2.24) is 5.32 Å². The van der Waals surface area contributed by atoms with Gasteiger partial charge in [-0.15, -0.1) is 0 Å². The second-order valence-corrected chi connectivity index (χ2v) is 5.44. The van der Waals surface area contributed by atoms with Gasteiger partial charge in [-0.25, -0.2) is 4.39 Å². The third kappa shape index (κ3) is 3.43. The van der Waals surface area contributed by atoms with Crippen LogP contribution in [0.2, 0.25) is 5.02 Å². The first-order valence-corrected chi connectivity index (χ1v) is 6.69. The Balaban J connectivity index is 1.83. The van der Waals surface area contributed by atoms with Gasteiger partial charge in [0.2, 0.25) is 0 Å². The molecule has 17 heavy (non-hydrogen) atoms. The number of nitrogens with one attached hydrogen (secondary N) is 1. The Morgan fingerprint density at radius 3 is 2.94 bits per heavy atom. The topological polar surface area (TPSA) is 12.0 Å². The third-order valence-electron chi connectivity index (χ3n) is 3.77. The smallest absolute Gasteiger partial charge is 0.123 e. The van der Waals surface area contributed by atoms with Crippen molar-refractivity contribution in [2.75, 3.05) is 6.54 Å². The van der Waals surface area contributed by atoms with E-state index in [-0.39, 0.29) is 5.82 Å². The first-order valence-electron chi connectivity index (χ1n) is 6.31. The van der Waals surface area contributed by atoms with Crippen molar-refractivity contribution in [3.05, 3.63) is 34.6 Å². The summed E-state index contributed by atoms with van der Waals surface area (Å²) >= 11 is 6.01. The van der Waals surface area contributed by atoms with E-state index in [4.69, 9.17) is 11.6 Å². The summed E-state index contributed by atoms with van der Waals surface area (Å²) in [7, 11) is 0. The SMILES string of the molecule is CC1CCCC1CNCc1cc(F)ccc1Cl. The van der Waals surface area contributed by atoms with Crippen LogP contribution in [-0.4, -0.2) is 6.54 Å². The highest BCUT2D eigenvalue weighted by molar-refractivity contribution is 6.31. The molecule has 0 saturated heterocycles. The zero-order valence-electron chi connectivity index (χ0n) is 10.2. The molecule has 0 amide bonds. The summed E-state index contributed by atoms with van der Waals surface area (Å²) in [5, 5.41) is 4.03. The zero-order valence-corrected chi connectivity index (χ0v) is 10.9. The van der Waals surface area contributed by atoms with E-state index in [1.54, 1.807) is 6.07 Å². The molecule has 2 unspecified atom stereocenters. The minimum atomic E-state index is -0.222. The Morgan fingerprint density at radius 1 is 1.41 bits per heavy atom. The maximum absolute atomic E-state index is 13.1. The molecule has 94 valence electrons. The molecule has 0 aromatic heterocycles. The molecule has 1 fully saturated rings. The lowest BCUT2D eigenvalue weighted by Gasteiger charge is -2.16. The molecular formula is C14H19ClFN. The van der Waals surface area contributed by atoms with E-state index in [2.05, 4.69) is 12.2 Å². The predicted molar refractivity (Wildman–Crippen MR) is 69.6 cm³/mol. The number of rotatable bonds is 4. The van der Waals surface area contributed by atoms with Gasteiger partial charge in [0.1, 0.15) is 5.82 Å². The standard InChI is InChI=1S/C14H19ClFN/c1-10-3-2-4-11(10)8-17-9-12-7-13(16)5-6-14(12)15/h5-7,10-11,17H,2-4,8-9H2,1H3. The van der Waals surface area contributed by atoms with Gasteiger partial charge in [-0.3, -0.25) is 0 Å². The van der Waals surface area contributed by atoms with Gasteiger partial charge in [0, 0.05) is 11.6 Å². The van der Waals surface area contributed by atoms with Gasteiger partial charge in [-0.05, 0) is 48.6 Å². The molecule has 0 bridgehead atoms. The van der Waals surface area contributed by atoms with Gasteiger partial charge < -0.3 is 5.32 Å². The number of hydrogen-bond donors (Lipinski definition) is 1. The van der Waals surface area contributed by atoms with Gasteiger partial charge in [0.25, 0.3) is 0 Å². The molecule has 0 spiro atoms. The highest BCUT2D eigenvalue weighted by Crippen LogP contribution is 2.30. The van der Waals surface area contributed by atoms with E-state index >= 15 is 0 Å². The first-order chi connectivity index (χ1) is 8.16. The second kappa shape index (κ2) is 5.83. The average molecular weight is 256 g/mol. The van der Waals surface area contributed by atoms with Gasteiger partial charge in [-0.2, -0.15) is 0 Å². The van der Waals surface area contributed by atoms with Crippen LogP contribution in [0.25, 0.3) is 0 Å². The second-order valence-electron chi connectivity index (χ2n) is 5.03. The van der Waals surface area contributed by atoms with Crippen LogP contribution in [0.5, 0.6) is 0 Å². The molecule has 0 radical (unpaired) electrons. The quantitative estimate of drug-likeness (QED) is 0.857. The van der Waals surface area contributed by atoms with Crippen molar-refractivity contribution in [3.63, 3.8) is 0 Å². The minimum Gasteiger partial charge on any atom is -0.312 e. The number of halogens is 2. The highest BCUT2D eigenvalue weighted by atomic mass is 35.5. The van der Waals surface area contributed by atoms with Gasteiger partial charge >= 0.3 is 0 Å². The Hall–Kier alpha value is -0.600. The summed E-state index contributed by atoms with van der Waals surface area (Å²) in [4.78, 5) is 0. The zero-order chi connectivity index (χ0) is 12.3. The van der Waals surface area contributed by atoms with Gasteiger partial charge in [0.15, 0.2) is 0 Å². The summed E-state index contributed by atoms with van der Waals surface area (Å²) in [5.74, 6) is 1.35. The van der Waals surface area contributed by atoms with Gasteiger partial charge in [-0.1, -0.05) is 31.4 Å². The molecule has 2 atom stereocenters. The van der Waals surface area contributed by atoms with E-state index in [0.29, 0.717) is 11.6 Å². The van der Waals surface area contributed by atoms with Crippen LogP contribution in [0.4, 0.5) is 4.39 Å². The molecule has 1 aromatic rings. The fourth-order valence-corrected chi connectivity index (χ4v) is 2.78. The van der Waals surface area contributed by atoms with Crippen LogP contribution in [0.1, 0.15) is 31.7 Å². The maximum Gasteiger partial charge on any atom is 0.123 e. The van der Waals surface area contributed by atoms with Crippen molar-refractivity contribution < 1.29 is 4.39 Å². The van der Waals surface area contributed by atoms with Crippen LogP contribution in [0.3, 0.4) is 0 Å². The fraction of sp³-hybridized carbons (Fsp3) is 0.571. The van der Waals surface area contributed by atoms with Crippen molar-refractivity contribution in [1.29, 1.82) is 0 Å². The molecule has 0 heterocycles. The van der Waals surface area contributed by atoms with E-state index in [9.17, 15) is 4.39 Å². The molecule has 1 aliphatic rings. The lowest BCUT2D eigenvalue weighted by Crippen LogP contribution is -2.24. The van der Waals surface area contributed by atoms with E-state index < -0.39 is 0 Å². The molecule has 1 aromatic carbocycles. The molecule has 1 aliphatic carbocycles. The lowest BCUT2D eigenvalue weighted by molar-refractivity contribution is 0.392. The van der Waals surface area contributed by atoms with Crippen molar-refractivity contribution in [2.45, 2.75) is 32.7 Å². The highest BCUT2D eigenvalue weighted by Gasteiger charge is 2.22. The molecule has 1 nitrogen and oxygen atoms in total. The molecule has 1 N–H and O–H groups in total. The summed E-state index contributed by atoms with van der Waals surface area (Å²) < 4.78 is 13.1. The lowest BCUT2D eigenvalue weighted by atomic mass is 9.98. The molecular weight excluding hydrogens is 237 g/mol. The summed E-state index contributed by atoms with van der Waals surface area (Å²) in [5.41, 5.74) is 0.845. The third-order valence-corrected chi connectivity index (χ3v) is 4.14. The summed E-state index contributed by atoms with van der Waals surface area (Å²) in [6.07, 6.45) is 3.99. The predicted octanol–water partition coefficient (Wildman–Crippen LogP) is 4.00. The van der Waals surface area contributed by atoms with E-state index in [0.717, 1.165) is 23.9 Å². The Morgan fingerprint density at radius 2 is 2.24 bits per heavy atom. The average Bonchev–Trinajstić information content (AvgIpc) is 2.70. The number of benzene rings is 1. The monoisotopic (exact) mass is 255 g/mol. The van der Waals surface area contributed by atoms with Crippen molar-refractivity contribution in [3.8, 4) is 0 Å². The van der Waals surface area contributed by atoms with Crippen LogP contribution in [0, 0.1) is 17.7 Å². The van der Waals surface area contributed by atoms with Crippen LogP contribution < -0.4 is 5.32 Å².